The average molecular weight is 364 g/mol. The summed E-state index contributed by atoms with van der Waals surface area (Å²) in [5, 5.41) is 0. The predicted molar refractivity (Wildman–Crippen MR) is 86.7 cm³/mol. The summed E-state index contributed by atoms with van der Waals surface area (Å²) >= 11 is 2.48. The molecule has 2 atom stereocenters. The van der Waals surface area contributed by atoms with Gasteiger partial charge in [0, 0.05) is 9.84 Å². The molecule has 2 heteroatoms. The maximum atomic E-state index is 6.19. The van der Waals surface area contributed by atoms with Gasteiger partial charge in [-0.3, -0.25) is 0 Å². The summed E-state index contributed by atoms with van der Waals surface area (Å²) in [4.78, 5) is 0. The van der Waals surface area contributed by atoms with Crippen LogP contribution >= 0.6 is 22.6 Å². The highest BCUT2D eigenvalue weighted by Gasteiger charge is 2.41. The molecule has 2 aromatic rings. The van der Waals surface area contributed by atoms with Crippen LogP contribution in [0.5, 0.6) is 0 Å². The zero-order valence-electron chi connectivity index (χ0n) is 11.0. The molecule has 0 saturated heterocycles. The molecule has 98 valence electrons. The maximum Gasteiger partial charge on any atom is 0.0930 e. The molecular formula is C17H17IO. The van der Waals surface area contributed by atoms with Crippen molar-refractivity contribution in [2.24, 2.45) is 0 Å². The van der Waals surface area contributed by atoms with Gasteiger partial charge >= 0.3 is 0 Å². The molecule has 2 aromatic carbocycles. The Morgan fingerprint density at radius 3 is 2.53 bits per heavy atom. The molecule has 0 aliphatic carbocycles. The fraction of sp³-hybridized carbons (Fsp3) is 0.294. The smallest absolute Gasteiger partial charge is 0.0930 e. The summed E-state index contributed by atoms with van der Waals surface area (Å²) in [6.07, 6.45) is 0.139. The van der Waals surface area contributed by atoms with Gasteiger partial charge in [-0.15, -0.1) is 0 Å². The second kappa shape index (κ2) is 5.25. The fourth-order valence-electron chi connectivity index (χ4n) is 2.94. The first-order valence-electron chi connectivity index (χ1n) is 6.56. The lowest BCUT2D eigenvalue weighted by molar-refractivity contribution is -0.0202. The first kappa shape index (κ1) is 13.1. The van der Waals surface area contributed by atoms with Crippen LogP contribution in [0.25, 0.3) is 0 Å². The molecule has 0 fully saturated rings. The van der Waals surface area contributed by atoms with E-state index >= 15 is 0 Å². The van der Waals surface area contributed by atoms with E-state index in [4.69, 9.17) is 4.74 Å². The largest absolute Gasteiger partial charge is 0.368 e. The summed E-state index contributed by atoms with van der Waals surface area (Å²) in [7, 11) is 0. The van der Waals surface area contributed by atoms with E-state index < -0.39 is 0 Å². The normalized spacial score (nSPS) is 25.9. The Balaban J connectivity index is 2.10. The third-order valence-corrected chi connectivity index (χ3v) is 5.58. The van der Waals surface area contributed by atoms with E-state index in [1.165, 1.54) is 16.7 Å². The van der Waals surface area contributed by atoms with Crippen molar-refractivity contribution in [3.63, 3.8) is 0 Å². The van der Waals surface area contributed by atoms with E-state index in [0.29, 0.717) is 6.61 Å². The second-order valence-electron chi connectivity index (χ2n) is 5.31. The standard InChI is InChI=1S/C17H17IO/c1-17(12-18)15-10-6-5-9-14(15)11-19-16(17)13-7-3-2-4-8-13/h2-10,16H,11-12H2,1H3/t16-,17-/m0/s1. The Labute approximate surface area is 128 Å². The van der Waals surface area contributed by atoms with Gasteiger partial charge in [-0.25, -0.2) is 0 Å². The van der Waals surface area contributed by atoms with Gasteiger partial charge in [0.25, 0.3) is 0 Å². The molecule has 19 heavy (non-hydrogen) atoms. The Kier molecular flexibility index (Phi) is 3.63. The molecule has 1 aliphatic heterocycles. The molecule has 0 bridgehead atoms. The van der Waals surface area contributed by atoms with Crippen LogP contribution in [0.3, 0.4) is 0 Å². The lowest BCUT2D eigenvalue weighted by atomic mass is 9.73. The minimum absolute atomic E-state index is 0.0384. The fourth-order valence-corrected chi connectivity index (χ4v) is 3.75. The van der Waals surface area contributed by atoms with E-state index in [1.54, 1.807) is 0 Å². The van der Waals surface area contributed by atoms with E-state index in [-0.39, 0.29) is 11.5 Å². The lowest BCUT2D eigenvalue weighted by Gasteiger charge is -2.42. The van der Waals surface area contributed by atoms with E-state index in [1.807, 2.05) is 0 Å². The SMILES string of the molecule is C[C@]1(CI)c2ccccc2CO[C@H]1c1ccccc1. The van der Waals surface area contributed by atoms with Crippen LogP contribution in [0, 0.1) is 0 Å². The van der Waals surface area contributed by atoms with Gasteiger partial charge in [-0.05, 0) is 16.7 Å². The monoisotopic (exact) mass is 364 g/mol. The van der Waals surface area contributed by atoms with Gasteiger partial charge in [0.1, 0.15) is 0 Å². The third kappa shape index (κ3) is 2.21. The van der Waals surface area contributed by atoms with Crippen LogP contribution in [-0.4, -0.2) is 4.43 Å². The number of hydrogen-bond acceptors (Lipinski definition) is 1. The van der Waals surface area contributed by atoms with Crippen molar-refractivity contribution in [3.05, 3.63) is 71.3 Å². The first-order valence-corrected chi connectivity index (χ1v) is 8.09. The summed E-state index contributed by atoms with van der Waals surface area (Å²) < 4.78 is 7.24. The number of rotatable bonds is 2. The first-order chi connectivity index (χ1) is 9.25. The molecule has 1 heterocycles. The van der Waals surface area contributed by atoms with Crippen molar-refractivity contribution in [2.45, 2.75) is 25.0 Å². The molecule has 0 saturated carbocycles. The molecule has 0 amide bonds. The van der Waals surface area contributed by atoms with E-state index in [2.05, 4.69) is 84.1 Å². The van der Waals surface area contributed by atoms with Crippen molar-refractivity contribution in [1.82, 2.24) is 0 Å². The quantitative estimate of drug-likeness (QED) is 0.557. The van der Waals surface area contributed by atoms with Crippen LogP contribution in [0.1, 0.15) is 29.7 Å². The highest BCUT2D eigenvalue weighted by molar-refractivity contribution is 14.1. The van der Waals surface area contributed by atoms with E-state index in [9.17, 15) is 0 Å². The number of hydrogen-bond donors (Lipinski definition) is 0. The van der Waals surface area contributed by atoms with Crippen LogP contribution in [0.2, 0.25) is 0 Å². The van der Waals surface area contributed by atoms with Gasteiger partial charge < -0.3 is 4.74 Å². The zero-order valence-corrected chi connectivity index (χ0v) is 13.1. The van der Waals surface area contributed by atoms with Gasteiger partial charge in [0.2, 0.25) is 0 Å². The maximum absolute atomic E-state index is 6.19. The van der Waals surface area contributed by atoms with Gasteiger partial charge in [0.05, 0.1) is 12.7 Å². The Hall–Kier alpha value is -0.870. The molecule has 0 aromatic heterocycles. The van der Waals surface area contributed by atoms with Crippen molar-refractivity contribution in [1.29, 1.82) is 0 Å². The number of benzene rings is 2. The van der Waals surface area contributed by atoms with Crippen LogP contribution in [-0.2, 0) is 16.8 Å². The van der Waals surface area contributed by atoms with Crippen molar-refractivity contribution >= 4 is 22.6 Å². The molecule has 0 N–H and O–H groups in total. The molecule has 0 radical (unpaired) electrons. The molecule has 1 aliphatic rings. The number of halogens is 1. The van der Waals surface area contributed by atoms with Gasteiger partial charge in [-0.2, -0.15) is 0 Å². The summed E-state index contributed by atoms with van der Waals surface area (Å²) in [6, 6.07) is 19.2. The summed E-state index contributed by atoms with van der Waals surface area (Å²) in [6.45, 7) is 3.02. The Morgan fingerprint density at radius 2 is 1.79 bits per heavy atom. The average Bonchev–Trinajstić information content (AvgIpc) is 2.49. The topological polar surface area (TPSA) is 9.23 Å². The van der Waals surface area contributed by atoms with E-state index in [0.717, 1.165) is 4.43 Å². The molecule has 1 nitrogen and oxygen atoms in total. The van der Waals surface area contributed by atoms with Crippen molar-refractivity contribution < 1.29 is 4.74 Å². The third-order valence-electron chi connectivity index (χ3n) is 4.00. The molecule has 3 rings (SSSR count). The van der Waals surface area contributed by atoms with Crippen LogP contribution in [0.4, 0.5) is 0 Å². The highest BCUT2D eigenvalue weighted by Crippen LogP contribution is 2.46. The second-order valence-corrected chi connectivity index (χ2v) is 6.07. The number of alkyl halides is 1. The predicted octanol–water partition coefficient (Wildman–Crippen LogP) is 4.65. The molecular weight excluding hydrogens is 347 g/mol. The van der Waals surface area contributed by atoms with Crippen molar-refractivity contribution in [2.75, 3.05) is 4.43 Å². The minimum atomic E-state index is 0.0384. The van der Waals surface area contributed by atoms with Gasteiger partial charge in [0.15, 0.2) is 0 Å². The molecule has 0 spiro atoms. The summed E-state index contributed by atoms with van der Waals surface area (Å²) in [5.41, 5.74) is 4.08. The van der Waals surface area contributed by atoms with Gasteiger partial charge in [-0.1, -0.05) is 84.1 Å². The molecule has 0 unspecified atom stereocenters. The highest BCUT2D eigenvalue weighted by atomic mass is 127. The lowest BCUT2D eigenvalue weighted by Crippen LogP contribution is -2.38. The zero-order chi connectivity index (χ0) is 13.3. The summed E-state index contributed by atoms with van der Waals surface area (Å²) in [5.74, 6) is 0. The van der Waals surface area contributed by atoms with Crippen LogP contribution in [0.15, 0.2) is 54.6 Å². The number of fused-ring (bicyclic) bond motifs is 1. The van der Waals surface area contributed by atoms with Crippen LogP contribution < -0.4 is 0 Å². The minimum Gasteiger partial charge on any atom is -0.368 e. The Bertz CT molecular complexity index is 566. The number of ether oxygens (including phenoxy) is 1. The van der Waals surface area contributed by atoms with Crippen molar-refractivity contribution in [3.8, 4) is 0 Å². The Morgan fingerprint density at radius 1 is 1.11 bits per heavy atom.